The van der Waals surface area contributed by atoms with Crippen LogP contribution in [-0.2, 0) is 9.53 Å². The van der Waals surface area contributed by atoms with Gasteiger partial charge in [0.25, 0.3) is 0 Å². The number of rotatable bonds is 6. The van der Waals surface area contributed by atoms with Crippen LogP contribution in [0.2, 0.25) is 0 Å². The highest BCUT2D eigenvalue weighted by Crippen LogP contribution is 2.36. The molecule has 3 N–H and O–H groups in total. The number of anilines is 3. The summed E-state index contributed by atoms with van der Waals surface area (Å²) in [6, 6.07) is 6.01. The van der Waals surface area contributed by atoms with Gasteiger partial charge in [-0.05, 0) is 51.3 Å². The van der Waals surface area contributed by atoms with Crippen molar-refractivity contribution in [3.8, 4) is 0 Å². The van der Waals surface area contributed by atoms with E-state index in [-0.39, 0.29) is 35.8 Å². The Morgan fingerprint density at radius 2 is 2.12 bits per heavy atom. The number of nitrogens with zero attached hydrogens (tertiary/aromatic N) is 4. The Morgan fingerprint density at radius 1 is 1.30 bits per heavy atom. The van der Waals surface area contributed by atoms with Gasteiger partial charge in [0, 0.05) is 19.1 Å². The zero-order valence-corrected chi connectivity index (χ0v) is 18.7. The molecule has 0 saturated carbocycles. The van der Waals surface area contributed by atoms with Crippen LogP contribution in [0.5, 0.6) is 0 Å². The number of carbonyl (C=O) groups is 2. The summed E-state index contributed by atoms with van der Waals surface area (Å²) in [6.45, 7) is 4.21. The smallest absolute Gasteiger partial charge is 0.340 e. The average Bonchev–Trinajstić information content (AvgIpc) is 2.84. The van der Waals surface area contributed by atoms with Gasteiger partial charge >= 0.3 is 5.97 Å². The molecule has 2 fully saturated rings. The number of nitrogen functional groups attached to an aromatic ring is 1. The van der Waals surface area contributed by atoms with E-state index >= 15 is 4.39 Å². The molecule has 9 nitrogen and oxygen atoms in total. The molecular formula is C23H29FN6O3. The van der Waals surface area contributed by atoms with E-state index in [0.717, 1.165) is 38.7 Å². The molecule has 2 aromatic rings. The van der Waals surface area contributed by atoms with Gasteiger partial charge in [-0.3, -0.25) is 4.79 Å². The largest absolute Gasteiger partial charge is 0.462 e. The van der Waals surface area contributed by atoms with Crippen LogP contribution >= 0.6 is 0 Å². The fourth-order valence-electron chi connectivity index (χ4n) is 4.62. The van der Waals surface area contributed by atoms with E-state index in [0.29, 0.717) is 18.7 Å². The SMILES string of the molecule is CCOC(=O)c1ccccc1N(c1ncnc(N)c1F)C1CCCN([C@@H]2CCCNC2)C1=O. The summed E-state index contributed by atoms with van der Waals surface area (Å²) in [5.41, 5.74) is 6.31. The Hall–Kier alpha value is -3.27. The number of benzene rings is 1. The van der Waals surface area contributed by atoms with Crippen LogP contribution in [0.1, 0.15) is 43.0 Å². The lowest BCUT2D eigenvalue weighted by molar-refractivity contribution is -0.137. The molecule has 1 aromatic heterocycles. The lowest BCUT2D eigenvalue weighted by Crippen LogP contribution is -2.57. The highest BCUT2D eigenvalue weighted by Gasteiger charge is 2.40. The quantitative estimate of drug-likeness (QED) is 0.637. The molecule has 3 heterocycles. The van der Waals surface area contributed by atoms with Crippen molar-refractivity contribution in [2.45, 2.75) is 44.7 Å². The minimum Gasteiger partial charge on any atom is -0.462 e. The summed E-state index contributed by atoms with van der Waals surface area (Å²) >= 11 is 0. The number of para-hydroxylation sites is 1. The maximum absolute atomic E-state index is 15.2. The number of piperidine rings is 2. The van der Waals surface area contributed by atoms with Crippen molar-refractivity contribution in [2.24, 2.45) is 0 Å². The van der Waals surface area contributed by atoms with E-state index in [1.807, 2.05) is 4.90 Å². The van der Waals surface area contributed by atoms with Gasteiger partial charge in [0.1, 0.15) is 12.4 Å². The number of amides is 1. The van der Waals surface area contributed by atoms with Crippen LogP contribution in [0, 0.1) is 5.82 Å². The molecular weight excluding hydrogens is 427 g/mol. The standard InChI is InChI=1S/C23H29FN6O3/c1-2-33-23(32)16-8-3-4-9-17(16)30(21-19(24)20(25)27-14-28-21)18-10-6-12-29(22(18)31)15-7-5-11-26-13-15/h3-4,8-9,14-15,18,26H,2,5-7,10-13H2,1H3,(H2,25,27,28)/t15-,18?/m1/s1. The molecule has 4 rings (SSSR count). The Balaban J connectivity index is 1.80. The van der Waals surface area contributed by atoms with Crippen LogP contribution < -0.4 is 16.0 Å². The van der Waals surface area contributed by atoms with Crippen LogP contribution in [0.4, 0.5) is 21.7 Å². The van der Waals surface area contributed by atoms with Crippen LogP contribution in [0.3, 0.4) is 0 Å². The van der Waals surface area contributed by atoms with Crippen molar-refractivity contribution in [3.05, 3.63) is 42.0 Å². The van der Waals surface area contributed by atoms with Gasteiger partial charge in [-0.1, -0.05) is 12.1 Å². The number of likely N-dealkylation sites (tertiary alicyclic amines) is 1. The van der Waals surface area contributed by atoms with Crippen LogP contribution in [0.15, 0.2) is 30.6 Å². The van der Waals surface area contributed by atoms with Gasteiger partial charge in [-0.15, -0.1) is 0 Å². The summed E-state index contributed by atoms with van der Waals surface area (Å²) in [5.74, 6) is -1.97. The summed E-state index contributed by atoms with van der Waals surface area (Å²) < 4.78 is 20.4. The Labute approximate surface area is 192 Å². The minimum atomic E-state index is -0.833. The Bertz CT molecular complexity index is 1010. The van der Waals surface area contributed by atoms with Crippen molar-refractivity contribution in [3.63, 3.8) is 0 Å². The van der Waals surface area contributed by atoms with Crippen LogP contribution in [-0.4, -0.2) is 65.1 Å². The minimum absolute atomic E-state index is 0.0801. The first kappa shape index (κ1) is 22.9. The number of halogens is 1. The molecule has 2 aliphatic rings. The molecule has 2 saturated heterocycles. The summed E-state index contributed by atoms with van der Waals surface area (Å²) in [6.07, 6.45) is 4.29. The maximum Gasteiger partial charge on any atom is 0.340 e. The second-order valence-electron chi connectivity index (χ2n) is 8.19. The molecule has 10 heteroatoms. The first-order valence-electron chi connectivity index (χ1n) is 11.4. The average molecular weight is 457 g/mol. The summed E-state index contributed by atoms with van der Waals surface area (Å²) in [5, 5.41) is 3.35. The molecule has 1 unspecified atom stereocenters. The topological polar surface area (TPSA) is 114 Å². The van der Waals surface area contributed by atoms with E-state index in [9.17, 15) is 9.59 Å². The van der Waals surface area contributed by atoms with Gasteiger partial charge in [0.15, 0.2) is 11.6 Å². The number of aromatic nitrogens is 2. The molecule has 1 amide bonds. The predicted molar refractivity (Wildman–Crippen MR) is 122 cm³/mol. The molecule has 2 aliphatic heterocycles. The van der Waals surface area contributed by atoms with Crippen molar-refractivity contribution in [1.82, 2.24) is 20.2 Å². The van der Waals surface area contributed by atoms with Gasteiger partial charge in [-0.25, -0.2) is 14.8 Å². The normalized spacial score (nSPS) is 21.0. The lowest BCUT2D eigenvalue weighted by Gasteiger charge is -2.43. The number of hydrogen-bond donors (Lipinski definition) is 2. The number of hydrogen-bond acceptors (Lipinski definition) is 8. The molecule has 2 atom stereocenters. The summed E-state index contributed by atoms with van der Waals surface area (Å²) in [4.78, 5) is 37.7. The van der Waals surface area contributed by atoms with E-state index < -0.39 is 17.8 Å². The molecule has 176 valence electrons. The Kier molecular flexibility index (Phi) is 7.02. The monoisotopic (exact) mass is 456 g/mol. The first-order valence-corrected chi connectivity index (χ1v) is 11.4. The molecule has 0 radical (unpaired) electrons. The zero-order chi connectivity index (χ0) is 23.4. The molecule has 0 spiro atoms. The van der Waals surface area contributed by atoms with Crippen LogP contribution in [0.25, 0.3) is 0 Å². The van der Waals surface area contributed by atoms with E-state index in [4.69, 9.17) is 10.5 Å². The molecule has 1 aromatic carbocycles. The number of nitrogens with one attached hydrogen (secondary N) is 1. The second kappa shape index (κ2) is 10.1. The van der Waals surface area contributed by atoms with E-state index in [1.54, 1.807) is 31.2 Å². The number of esters is 1. The van der Waals surface area contributed by atoms with Gasteiger partial charge in [0.05, 0.1) is 17.9 Å². The molecule has 33 heavy (non-hydrogen) atoms. The maximum atomic E-state index is 15.2. The van der Waals surface area contributed by atoms with Crippen molar-refractivity contribution >= 4 is 29.2 Å². The van der Waals surface area contributed by atoms with Crippen molar-refractivity contribution in [1.29, 1.82) is 0 Å². The molecule has 0 bridgehead atoms. The number of carbonyl (C=O) groups excluding carboxylic acids is 2. The number of ether oxygens (including phenoxy) is 1. The second-order valence-corrected chi connectivity index (χ2v) is 8.19. The lowest BCUT2D eigenvalue weighted by atomic mass is 9.96. The highest BCUT2D eigenvalue weighted by molar-refractivity contribution is 5.99. The third-order valence-corrected chi connectivity index (χ3v) is 6.15. The predicted octanol–water partition coefficient (Wildman–Crippen LogP) is 2.26. The molecule has 0 aliphatic carbocycles. The van der Waals surface area contributed by atoms with Gasteiger partial charge in [-0.2, -0.15) is 4.39 Å². The third-order valence-electron chi connectivity index (χ3n) is 6.15. The van der Waals surface area contributed by atoms with E-state index in [2.05, 4.69) is 15.3 Å². The highest BCUT2D eigenvalue weighted by atomic mass is 19.1. The summed E-state index contributed by atoms with van der Waals surface area (Å²) in [7, 11) is 0. The van der Waals surface area contributed by atoms with Crippen molar-refractivity contribution < 1.29 is 18.7 Å². The fraction of sp³-hybridized carbons (Fsp3) is 0.478. The van der Waals surface area contributed by atoms with E-state index in [1.165, 1.54) is 4.90 Å². The Morgan fingerprint density at radius 3 is 2.88 bits per heavy atom. The van der Waals surface area contributed by atoms with Gasteiger partial charge in [0.2, 0.25) is 11.7 Å². The first-order chi connectivity index (χ1) is 16.0. The third kappa shape index (κ3) is 4.61. The van der Waals surface area contributed by atoms with Crippen molar-refractivity contribution in [2.75, 3.05) is 36.9 Å². The van der Waals surface area contributed by atoms with Gasteiger partial charge < -0.3 is 25.6 Å². The fourth-order valence-corrected chi connectivity index (χ4v) is 4.62. The number of nitrogens with two attached hydrogens (primary N) is 1. The zero-order valence-electron chi connectivity index (χ0n) is 18.7.